The second-order valence-corrected chi connectivity index (χ2v) is 11.5. The fourth-order valence-electron chi connectivity index (χ4n) is 5.84. The summed E-state index contributed by atoms with van der Waals surface area (Å²) >= 11 is 0. The van der Waals surface area contributed by atoms with Crippen LogP contribution < -0.4 is 5.32 Å². The molecule has 2 saturated heterocycles. The van der Waals surface area contributed by atoms with E-state index in [0.29, 0.717) is 25.9 Å². The van der Waals surface area contributed by atoms with Gasteiger partial charge in [-0.3, -0.25) is 14.5 Å². The van der Waals surface area contributed by atoms with Crippen LogP contribution in [-0.4, -0.2) is 72.2 Å². The van der Waals surface area contributed by atoms with Crippen molar-refractivity contribution in [3.05, 3.63) is 59.7 Å². The molecule has 0 aromatic heterocycles. The number of alkyl carbamates (subject to hydrolysis) is 1. The molecular formula is C30H35N3O6. The largest absolute Gasteiger partial charge is 0.449 e. The smallest absolute Gasteiger partial charge is 0.410 e. The lowest BCUT2D eigenvalue weighted by Crippen LogP contribution is -2.48. The minimum Gasteiger partial charge on any atom is -0.449 e. The predicted octanol–water partition coefficient (Wildman–Crippen LogP) is 4.30. The van der Waals surface area contributed by atoms with Gasteiger partial charge in [0, 0.05) is 38.5 Å². The van der Waals surface area contributed by atoms with E-state index in [4.69, 9.17) is 9.47 Å². The van der Waals surface area contributed by atoms with E-state index in [9.17, 15) is 19.2 Å². The second kappa shape index (κ2) is 10.4. The monoisotopic (exact) mass is 533 g/mol. The van der Waals surface area contributed by atoms with Crippen molar-refractivity contribution < 1.29 is 28.7 Å². The topological polar surface area (TPSA) is 105 Å². The SMILES string of the molecule is CC(C)(C)OC(=O)N1CCC2(CC1)CC(=O)N(CCNC(=O)OCC1c3ccccc3-c3ccccc31)C2=O. The molecule has 2 aromatic carbocycles. The number of fused-ring (bicyclic) bond motifs is 3. The van der Waals surface area contributed by atoms with Crippen molar-refractivity contribution in [2.45, 2.75) is 51.6 Å². The highest BCUT2D eigenvalue weighted by Crippen LogP contribution is 2.45. The number of benzene rings is 2. The summed E-state index contributed by atoms with van der Waals surface area (Å²) in [5, 5.41) is 2.68. The van der Waals surface area contributed by atoms with Crippen molar-refractivity contribution in [1.82, 2.24) is 15.1 Å². The molecule has 1 spiro atoms. The summed E-state index contributed by atoms with van der Waals surface area (Å²) in [6.45, 7) is 6.53. The van der Waals surface area contributed by atoms with E-state index in [-0.39, 0.29) is 43.8 Å². The Morgan fingerprint density at radius 1 is 0.974 bits per heavy atom. The van der Waals surface area contributed by atoms with Gasteiger partial charge < -0.3 is 19.7 Å². The van der Waals surface area contributed by atoms with E-state index >= 15 is 0 Å². The highest BCUT2D eigenvalue weighted by Gasteiger charge is 2.53. The van der Waals surface area contributed by atoms with Crippen LogP contribution in [0.15, 0.2) is 48.5 Å². The molecule has 1 N–H and O–H groups in total. The molecule has 1 aliphatic carbocycles. The molecule has 39 heavy (non-hydrogen) atoms. The van der Waals surface area contributed by atoms with Crippen molar-refractivity contribution in [2.75, 3.05) is 32.8 Å². The number of carbonyl (C=O) groups excluding carboxylic acids is 4. The highest BCUT2D eigenvalue weighted by atomic mass is 16.6. The zero-order valence-corrected chi connectivity index (χ0v) is 22.7. The zero-order valence-electron chi connectivity index (χ0n) is 22.7. The molecule has 0 radical (unpaired) electrons. The number of rotatable bonds is 5. The summed E-state index contributed by atoms with van der Waals surface area (Å²) in [6.07, 6.45) is -0.0475. The summed E-state index contributed by atoms with van der Waals surface area (Å²) in [5.74, 6) is -0.526. The molecule has 206 valence electrons. The summed E-state index contributed by atoms with van der Waals surface area (Å²) < 4.78 is 11.0. The van der Waals surface area contributed by atoms with Gasteiger partial charge in [-0.1, -0.05) is 48.5 Å². The average Bonchev–Trinajstić information content (AvgIpc) is 3.33. The van der Waals surface area contributed by atoms with Gasteiger partial charge in [0.05, 0.1) is 5.41 Å². The first-order chi connectivity index (χ1) is 18.6. The number of ether oxygens (including phenoxy) is 2. The first kappa shape index (κ1) is 26.7. The molecule has 0 unspecified atom stereocenters. The number of amides is 4. The van der Waals surface area contributed by atoms with Crippen LogP contribution in [-0.2, 0) is 19.1 Å². The predicted molar refractivity (Wildman–Crippen MR) is 144 cm³/mol. The van der Waals surface area contributed by atoms with Crippen molar-refractivity contribution in [1.29, 1.82) is 0 Å². The molecule has 0 saturated carbocycles. The van der Waals surface area contributed by atoms with E-state index in [1.807, 2.05) is 45.0 Å². The Balaban J connectivity index is 1.10. The average molecular weight is 534 g/mol. The standard InChI is InChI=1S/C30H35N3O6/c1-29(2,3)39-28(37)32-15-12-30(13-16-32)18-25(34)33(26(30)35)17-14-31-27(36)38-19-24-22-10-6-4-8-20(22)21-9-5-7-11-23(21)24/h4-11,24H,12-19H2,1-3H3,(H,31,36). The molecule has 2 heterocycles. The first-order valence-electron chi connectivity index (χ1n) is 13.5. The Morgan fingerprint density at radius 3 is 2.15 bits per heavy atom. The maximum absolute atomic E-state index is 13.2. The third kappa shape index (κ3) is 5.35. The summed E-state index contributed by atoms with van der Waals surface area (Å²) in [5.41, 5.74) is 3.17. The van der Waals surface area contributed by atoms with Crippen molar-refractivity contribution in [2.24, 2.45) is 5.41 Å². The van der Waals surface area contributed by atoms with Crippen molar-refractivity contribution in [3.63, 3.8) is 0 Å². The maximum Gasteiger partial charge on any atom is 0.410 e. The fraction of sp³-hybridized carbons (Fsp3) is 0.467. The van der Waals surface area contributed by atoms with E-state index < -0.39 is 23.2 Å². The Labute approximate surface area is 228 Å². The lowest BCUT2D eigenvalue weighted by molar-refractivity contribution is -0.142. The molecule has 0 atom stereocenters. The molecule has 0 bridgehead atoms. The molecule has 9 heteroatoms. The summed E-state index contributed by atoms with van der Waals surface area (Å²) in [7, 11) is 0. The zero-order chi connectivity index (χ0) is 27.8. The van der Waals surface area contributed by atoms with Crippen molar-refractivity contribution >= 4 is 24.0 Å². The summed E-state index contributed by atoms with van der Waals surface area (Å²) in [6, 6.07) is 16.2. The molecule has 2 aromatic rings. The number of hydrogen-bond acceptors (Lipinski definition) is 6. The van der Waals surface area contributed by atoms with Gasteiger partial charge in [-0.15, -0.1) is 0 Å². The van der Waals surface area contributed by atoms with Gasteiger partial charge >= 0.3 is 12.2 Å². The molecule has 9 nitrogen and oxygen atoms in total. The van der Waals surface area contributed by atoms with Crippen LogP contribution in [0.1, 0.15) is 57.1 Å². The third-order valence-electron chi connectivity index (χ3n) is 7.81. The molecule has 2 fully saturated rings. The van der Waals surface area contributed by atoms with E-state index in [0.717, 1.165) is 22.3 Å². The van der Waals surface area contributed by atoms with Crippen molar-refractivity contribution in [3.8, 4) is 11.1 Å². The molecule has 3 aliphatic rings. The van der Waals surface area contributed by atoms with Crippen LogP contribution in [0, 0.1) is 5.41 Å². The van der Waals surface area contributed by atoms with E-state index in [1.54, 1.807) is 4.90 Å². The van der Waals surface area contributed by atoms with Crippen LogP contribution in [0.4, 0.5) is 9.59 Å². The van der Waals surface area contributed by atoms with Gasteiger partial charge in [-0.2, -0.15) is 0 Å². The van der Waals surface area contributed by atoms with Crippen LogP contribution in [0.25, 0.3) is 11.1 Å². The lowest BCUT2D eigenvalue weighted by atomic mass is 9.77. The van der Waals surface area contributed by atoms with Gasteiger partial charge in [0.1, 0.15) is 12.2 Å². The van der Waals surface area contributed by atoms with E-state index in [2.05, 4.69) is 29.6 Å². The Hall–Kier alpha value is -3.88. The van der Waals surface area contributed by atoms with Gasteiger partial charge in [0.15, 0.2) is 0 Å². The number of likely N-dealkylation sites (tertiary alicyclic amines) is 2. The normalized spacial score (nSPS) is 18.2. The Kier molecular flexibility index (Phi) is 7.09. The third-order valence-corrected chi connectivity index (χ3v) is 7.81. The number of piperidine rings is 1. The van der Waals surface area contributed by atoms with Gasteiger partial charge in [0.25, 0.3) is 0 Å². The number of imide groups is 1. The number of hydrogen-bond donors (Lipinski definition) is 1. The number of nitrogens with zero attached hydrogens (tertiary/aromatic N) is 2. The number of nitrogens with one attached hydrogen (secondary N) is 1. The van der Waals surface area contributed by atoms with E-state index in [1.165, 1.54) is 4.90 Å². The van der Waals surface area contributed by atoms with Crippen LogP contribution in [0.2, 0.25) is 0 Å². The molecule has 5 rings (SSSR count). The minimum atomic E-state index is -0.792. The quantitative estimate of drug-likeness (QED) is 0.575. The summed E-state index contributed by atoms with van der Waals surface area (Å²) in [4.78, 5) is 53.6. The first-order valence-corrected chi connectivity index (χ1v) is 13.5. The second-order valence-electron chi connectivity index (χ2n) is 11.5. The Bertz CT molecular complexity index is 1250. The molecular weight excluding hydrogens is 498 g/mol. The van der Waals surface area contributed by atoms with Crippen LogP contribution in [0.5, 0.6) is 0 Å². The lowest BCUT2D eigenvalue weighted by Gasteiger charge is -2.37. The maximum atomic E-state index is 13.2. The van der Waals surface area contributed by atoms with Crippen LogP contribution in [0.3, 0.4) is 0 Å². The van der Waals surface area contributed by atoms with Gasteiger partial charge in [-0.25, -0.2) is 9.59 Å². The minimum absolute atomic E-state index is 0.0451. The molecule has 4 amide bonds. The van der Waals surface area contributed by atoms with Gasteiger partial charge in [0.2, 0.25) is 11.8 Å². The Morgan fingerprint density at radius 2 is 1.56 bits per heavy atom. The fourth-order valence-corrected chi connectivity index (χ4v) is 5.84. The van der Waals surface area contributed by atoms with Crippen LogP contribution >= 0.6 is 0 Å². The molecule has 2 aliphatic heterocycles. The number of carbonyl (C=O) groups is 4. The van der Waals surface area contributed by atoms with Gasteiger partial charge in [-0.05, 0) is 55.9 Å². The highest BCUT2D eigenvalue weighted by molar-refractivity contribution is 6.06.